The van der Waals surface area contributed by atoms with Crippen LogP contribution in [0.15, 0.2) is 66.9 Å². The fourth-order valence-corrected chi connectivity index (χ4v) is 4.27. The summed E-state index contributed by atoms with van der Waals surface area (Å²) < 4.78 is 15.1. The highest BCUT2D eigenvalue weighted by Crippen LogP contribution is 2.31. The molecule has 0 saturated carbocycles. The molecule has 0 unspecified atom stereocenters. The predicted octanol–water partition coefficient (Wildman–Crippen LogP) is 5.28. The van der Waals surface area contributed by atoms with E-state index in [0.717, 1.165) is 9.26 Å². The average Bonchev–Trinajstić information content (AvgIpc) is 3.09. The first kappa shape index (κ1) is 18.0. The van der Waals surface area contributed by atoms with E-state index < -0.39 is 0 Å². The van der Waals surface area contributed by atoms with Crippen molar-refractivity contribution in [3.63, 3.8) is 0 Å². The first-order chi connectivity index (χ1) is 13.1. The van der Waals surface area contributed by atoms with Gasteiger partial charge in [-0.3, -0.25) is 14.7 Å². The Bertz CT molecular complexity index is 1120. The van der Waals surface area contributed by atoms with Gasteiger partial charge in [-0.1, -0.05) is 29.5 Å². The SMILES string of the molecule is O=C(c1ccccc1I)N(Cc1ccccn1)c1nc2ccc(F)cc2s1. The Labute approximate surface area is 172 Å². The molecule has 0 aliphatic rings. The van der Waals surface area contributed by atoms with Gasteiger partial charge in [-0.2, -0.15) is 0 Å². The summed E-state index contributed by atoms with van der Waals surface area (Å²) in [6.07, 6.45) is 1.69. The molecule has 4 nitrogen and oxygen atoms in total. The number of carbonyl (C=O) groups excluding carboxylic acids is 1. The largest absolute Gasteiger partial charge is 0.278 e. The lowest BCUT2D eigenvalue weighted by Crippen LogP contribution is -2.31. The molecule has 2 heterocycles. The van der Waals surface area contributed by atoms with Gasteiger partial charge in [0.2, 0.25) is 0 Å². The lowest BCUT2D eigenvalue weighted by atomic mass is 10.2. The first-order valence-corrected chi connectivity index (χ1v) is 10.0. The minimum Gasteiger partial charge on any atom is -0.278 e. The summed E-state index contributed by atoms with van der Waals surface area (Å²) in [4.78, 5) is 23.8. The first-order valence-electron chi connectivity index (χ1n) is 8.14. The van der Waals surface area contributed by atoms with Gasteiger partial charge in [-0.15, -0.1) is 0 Å². The molecule has 0 saturated heterocycles. The molecule has 2 aromatic carbocycles. The van der Waals surface area contributed by atoms with Gasteiger partial charge < -0.3 is 0 Å². The van der Waals surface area contributed by atoms with E-state index in [9.17, 15) is 9.18 Å². The number of hydrogen-bond acceptors (Lipinski definition) is 4. The summed E-state index contributed by atoms with van der Waals surface area (Å²) in [6.45, 7) is 0.285. The van der Waals surface area contributed by atoms with Crippen LogP contribution >= 0.6 is 33.9 Å². The summed E-state index contributed by atoms with van der Waals surface area (Å²) in [7, 11) is 0. The number of aromatic nitrogens is 2. The molecule has 0 spiro atoms. The molecule has 0 bridgehead atoms. The molecule has 0 aliphatic heterocycles. The van der Waals surface area contributed by atoms with Crippen LogP contribution in [0.2, 0.25) is 0 Å². The molecule has 0 atom stereocenters. The lowest BCUT2D eigenvalue weighted by molar-refractivity contribution is 0.0984. The Hall–Kier alpha value is -2.39. The summed E-state index contributed by atoms with van der Waals surface area (Å²) >= 11 is 3.44. The van der Waals surface area contributed by atoms with Crippen LogP contribution in [0, 0.1) is 9.39 Å². The normalized spacial score (nSPS) is 10.9. The van der Waals surface area contributed by atoms with Crippen LogP contribution in [0.4, 0.5) is 9.52 Å². The van der Waals surface area contributed by atoms with Crippen molar-refractivity contribution in [1.29, 1.82) is 0 Å². The van der Waals surface area contributed by atoms with Gasteiger partial charge in [0.05, 0.1) is 28.0 Å². The second-order valence-corrected chi connectivity index (χ2v) is 7.97. The Morgan fingerprint density at radius 2 is 1.93 bits per heavy atom. The highest BCUT2D eigenvalue weighted by atomic mass is 127. The molecule has 4 aromatic rings. The van der Waals surface area contributed by atoms with Crippen molar-refractivity contribution in [3.05, 3.63) is 87.5 Å². The van der Waals surface area contributed by atoms with Crippen LogP contribution in [0.5, 0.6) is 0 Å². The van der Waals surface area contributed by atoms with E-state index in [1.165, 1.54) is 23.5 Å². The highest BCUT2D eigenvalue weighted by molar-refractivity contribution is 14.1. The molecule has 0 N–H and O–H groups in total. The number of rotatable bonds is 4. The third-order valence-electron chi connectivity index (χ3n) is 3.97. The van der Waals surface area contributed by atoms with Gasteiger partial charge in [0.25, 0.3) is 5.91 Å². The fourth-order valence-electron chi connectivity index (χ4n) is 2.66. The number of fused-ring (bicyclic) bond motifs is 1. The number of anilines is 1. The zero-order valence-corrected chi connectivity index (χ0v) is 16.9. The van der Waals surface area contributed by atoms with Gasteiger partial charge in [0.15, 0.2) is 5.13 Å². The predicted molar refractivity (Wildman–Crippen MR) is 113 cm³/mol. The Morgan fingerprint density at radius 3 is 2.70 bits per heavy atom. The molecule has 134 valence electrons. The zero-order chi connectivity index (χ0) is 18.8. The van der Waals surface area contributed by atoms with Crippen LogP contribution in [0.25, 0.3) is 10.2 Å². The molecular weight excluding hydrogens is 476 g/mol. The fraction of sp³-hybridized carbons (Fsp3) is 0.0500. The second kappa shape index (κ2) is 7.69. The number of carbonyl (C=O) groups is 1. The molecule has 27 heavy (non-hydrogen) atoms. The van der Waals surface area contributed by atoms with Crippen molar-refractivity contribution in [2.75, 3.05) is 4.90 Å². The van der Waals surface area contributed by atoms with E-state index in [0.29, 0.717) is 20.9 Å². The van der Waals surface area contributed by atoms with Crippen LogP contribution in [-0.4, -0.2) is 15.9 Å². The maximum Gasteiger partial charge on any atom is 0.261 e. The highest BCUT2D eigenvalue weighted by Gasteiger charge is 2.23. The second-order valence-electron chi connectivity index (χ2n) is 5.80. The van der Waals surface area contributed by atoms with Crippen LogP contribution in [0.3, 0.4) is 0 Å². The molecule has 4 rings (SSSR count). The van der Waals surface area contributed by atoms with Gasteiger partial charge in [-0.25, -0.2) is 9.37 Å². The van der Waals surface area contributed by atoms with Crippen molar-refractivity contribution in [3.8, 4) is 0 Å². The van der Waals surface area contributed by atoms with Crippen molar-refractivity contribution in [2.45, 2.75) is 6.54 Å². The van der Waals surface area contributed by atoms with Crippen LogP contribution < -0.4 is 4.90 Å². The topological polar surface area (TPSA) is 46.1 Å². The van der Waals surface area contributed by atoms with Gasteiger partial charge in [-0.05, 0) is 65.1 Å². The van der Waals surface area contributed by atoms with Gasteiger partial charge in [0.1, 0.15) is 5.82 Å². The van der Waals surface area contributed by atoms with Crippen LogP contribution in [-0.2, 0) is 6.54 Å². The molecule has 0 aliphatic carbocycles. The zero-order valence-electron chi connectivity index (χ0n) is 14.0. The van der Waals surface area contributed by atoms with Crippen molar-refractivity contribution in [1.82, 2.24) is 9.97 Å². The third-order valence-corrected chi connectivity index (χ3v) is 5.95. The van der Waals surface area contributed by atoms with E-state index in [1.807, 2.05) is 36.4 Å². The Balaban J connectivity index is 1.79. The molecule has 2 aromatic heterocycles. The van der Waals surface area contributed by atoms with E-state index in [-0.39, 0.29) is 18.3 Å². The smallest absolute Gasteiger partial charge is 0.261 e. The lowest BCUT2D eigenvalue weighted by Gasteiger charge is -2.20. The molecule has 0 radical (unpaired) electrons. The molecule has 0 fully saturated rings. The van der Waals surface area contributed by atoms with Crippen molar-refractivity contribution in [2.24, 2.45) is 0 Å². The number of pyridine rings is 1. The van der Waals surface area contributed by atoms with Gasteiger partial charge >= 0.3 is 0 Å². The summed E-state index contributed by atoms with van der Waals surface area (Å²) in [5.74, 6) is -0.483. The molecule has 1 amide bonds. The Kier molecular flexibility index (Phi) is 5.13. The van der Waals surface area contributed by atoms with Crippen molar-refractivity contribution >= 4 is 55.2 Å². The number of hydrogen-bond donors (Lipinski definition) is 0. The average molecular weight is 489 g/mol. The quantitative estimate of drug-likeness (QED) is 0.367. The minimum absolute atomic E-state index is 0.162. The standard InChI is InChI=1S/C20H13FIN3OS/c21-13-8-9-17-18(11-13)27-20(24-17)25(12-14-5-3-4-10-23-14)19(26)15-6-1-2-7-16(15)22/h1-11H,12H2. The summed E-state index contributed by atoms with van der Waals surface area (Å²) in [5.41, 5.74) is 2.01. The summed E-state index contributed by atoms with van der Waals surface area (Å²) in [5, 5.41) is 0.519. The van der Waals surface area contributed by atoms with Crippen molar-refractivity contribution < 1.29 is 9.18 Å². The number of benzene rings is 2. The third kappa shape index (κ3) is 3.84. The van der Waals surface area contributed by atoms with E-state index in [2.05, 4.69) is 32.6 Å². The maximum absolute atomic E-state index is 13.6. The number of thiazole rings is 1. The molecule has 7 heteroatoms. The number of amides is 1. The maximum atomic E-state index is 13.6. The number of nitrogens with zero attached hydrogens (tertiary/aromatic N) is 3. The van der Waals surface area contributed by atoms with Gasteiger partial charge in [0, 0.05) is 9.77 Å². The van der Waals surface area contributed by atoms with E-state index in [4.69, 9.17) is 0 Å². The Morgan fingerprint density at radius 1 is 1.11 bits per heavy atom. The van der Waals surface area contributed by atoms with Crippen LogP contribution in [0.1, 0.15) is 16.1 Å². The molecular formula is C20H13FIN3OS. The number of halogens is 2. The van der Waals surface area contributed by atoms with E-state index >= 15 is 0 Å². The minimum atomic E-state index is -0.321. The summed E-state index contributed by atoms with van der Waals surface area (Å²) in [6, 6.07) is 17.4. The monoisotopic (exact) mass is 489 g/mol. The van der Waals surface area contributed by atoms with E-state index in [1.54, 1.807) is 23.2 Å².